The Morgan fingerprint density at radius 1 is 1.25 bits per heavy atom. The number of amides is 1. The van der Waals surface area contributed by atoms with Crippen molar-refractivity contribution < 1.29 is 17.4 Å². The summed E-state index contributed by atoms with van der Waals surface area (Å²) in [6, 6.07) is 7.00. The highest BCUT2D eigenvalue weighted by Gasteiger charge is 2.29. The average molecular weight is 356 g/mol. The monoisotopic (exact) mass is 355 g/mol. The maximum absolute atomic E-state index is 12.7. The molecule has 0 bridgehead atoms. The van der Waals surface area contributed by atoms with Crippen LogP contribution in [0.2, 0.25) is 0 Å². The fourth-order valence-corrected chi connectivity index (χ4v) is 2.69. The van der Waals surface area contributed by atoms with E-state index in [2.05, 4.69) is 0 Å². The van der Waals surface area contributed by atoms with E-state index in [-0.39, 0.29) is 23.5 Å². The molecular formula is C18H29NO4S. The molecule has 0 aliphatic rings. The van der Waals surface area contributed by atoms with Gasteiger partial charge in [-0.15, -0.1) is 0 Å². The summed E-state index contributed by atoms with van der Waals surface area (Å²) in [6.07, 6.45) is 0.849. The van der Waals surface area contributed by atoms with Crippen LogP contribution in [-0.4, -0.2) is 31.0 Å². The molecular weight excluding hydrogens is 326 g/mol. The summed E-state index contributed by atoms with van der Waals surface area (Å²) in [4.78, 5) is 14.6. The van der Waals surface area contributed by atoms with Crippen LogP contribution in [0.25, 0.3) is 0 Å². The fourth-order valence-electron chi connectivity index (χ4n) is 2.18. The first-order chi connectivity index (χ1) is 11.0. The van der Waals surface area contributed by atoms with Gasteiger partial charge in [0.15, 0.2) is 0 Å². The van der Waals surface area contributed by atoms with E-state index in [0.717, 1.165) is 12.0 Å². The van der Waals surface area contributed by atoms with Crippen molar-refractivity contribution in [2.45, 2.75) is 60.5 Å². The van der Waals surface area contributed by atoms with Crippen molar-refractivity contribution in [3.63, 3.8) is 0 Å². The minimum atomic E-state index is -3.56. The van der Waals surface area contributed by atoms with E-state index in [0.29, 0.717) is 6.54 Å². The van der Waals surface area contributed by atoms with Crippen molar-refractivity contribution in [1.82, 2.24) is 4.90 Å². The Bertz CT molecular complexity index is 662. The average Bonchev–Trinajstić information content (AvgIpc) is 2.50. The number of carbonyl (C=O) groups is 1. The van der Waals surface area contributed by atoms with Crippen LogP contribution in [0.3, 0.4) is 0 Å². The zero-order valence-corrected chi connectivity index (χ0v) is 16.3. The molecule has 1 aromatic rings. The first kappa shape index (κ1) is 20.5. The summed E-state index contributed by atoms with van der Waals surface area (Å²) < 4.78 is 28.3. The molecule has 0 radical (unpaired) electrons. The van der Waals surface area contributed by atoms with Crippen molar-refractivity contribution >= 4 is 16.0 Å². The van der Waals surface area contributed by atoms with Gasteiger partial charge in [-0.1, -0.05) is 39.8 Å². The number of hydrogen-bond acceptors (Lipinski definition) is 4. The Morgan fingerprint density at radius 3 is 2.38 bits per heavy atom. The standard InChI is InChI=1S/C18H29NO4S/c1-7-14(3)19(17(20)18(4,5)6)13-15-10-9-11-16(12-15)23-24(21,22)8-2/h9-12,14H,7-8,13H2,1-6H3/t14-/m1/s1. The number of rotatable bonds is 7. The molecule has 0 aliphatic heterocycles. The molecule has 0 saturated carbocycles. The quantitative estimate of drug-likeness (QED) is 0.701. The van der Waals surface area contributed by atoms with Crippen LogP contribution in [0.5, 0.6) is 5.75 Å². The molecule has 1 atom stereocenters. The Kier molecular flexibility index (Phi) is 6.84. The topological polar surface area (TPSA) is 63.7 Å². The Morgan fingerprint density at radius 2 is 1.88 bits per heavy atom. The molecule has 1 rings (SSSR count). The minimum absolute atomic E-state index is 0.0735. The van der Waals surface area contributed by atoms with Crippen LogP contribution < -0.4 is 4.18 Å². The minimum Gasteiger partial charge on any atom is -0.382 e. The molecule has 0 heterocycles. The second kappa shape index (κ2) is 8.01. The lowest BCUT2D eigenvalue weighted by Crippen LogP contribution is -2.44. The molecule has 0 fully saturated rings. The first-order valence-corrected chi connectivity index (χ1v) is 9.90. The van der Waals surface area contributed by atoms with Crippen LogP contribution in [-0.2, 0) is 21.5 Å². The highest BCUT2D eigenvalue weighted by Crippen LogP contribution is 2.24. The summed E-state index contributed by atoms with van der Waals surface area (Å²) in [6.45, 7) is 11.7. The number of benzene rings is 1. The summed E-state index contributed by atoms with van der Waals surface area (Å²) in [5.74, 6) is 0.268. The summed E-state index contributed by atoms with van der Waals surface area (Å²) in [5.41, 5.74) is 0.375. The van der Waals surface area contributed by atoms with E-state index in [4.69, 9.17) is 4.18 Å². The maximum Gasteiger partial charge on any atom is 0.308 e. The lowest BCUT2D eigenvalue weighted by atomic mass is 9.93. The summed E-state index contributed by atoms with van der Waals surface area (Å²) in [7, 11) is -3.56. The first-order valence-electron chi connectivity index (χ1n) is 8.32. The number of carbonyl (C=O) groups excluding carboxylic acids is 1. The van der Waals surface area contributed by atoms with Gasteiger partial charge in [-0.3, -0.25) is 4.79 Å². The molecule has 0 aromatic heterocycles. The van der Waals surface area contributed by atoms with Crippen LogP contribution in [0.1, 0.15) is 53.5 Å². The molecule has 0 saturated heterocycles. The Hall–Kier alpha value is -1.56. The molecule has 1 amide bonds. The Balaban J connectivity index is 3.05. The van der Waals surface area contributed by atoms with E-state index in [1.54, 1.807) is 18.2 Å². The second-order valence-corrected chi connectivity index (χ2v) is 8.88. The largest absolute Gasteiger partial charge is 0.382 e. The van der Waals surface area contributed by atoms with Crippen LogP contribution >= 0.6 is 0 Å². The lowest BCUT2D eigenvalue weighted by molar-refractivity contribution is -0.142. The molecule has 136 valence electrons. The predicted molar refractivity (Wildman–Crippen MR) is 96.3 cm³/mol. The van der Waals surface area contributed by atoms with E-state index in [1.807, 2.05) is 45.6 Å². The van der Waals surface area contributed by atoms with Crippen molar-refractivity contribution in [3.05, 3.63) is 29.8 Å². The smallest absolute Gasteiger partial charge is 0.308 e. The third kappa shape index (κ3) is 5.82. The molecule has 6 heteroatoms. The third-order valence-corrected chi connectivity index (χ3v) is 5.01. The highest BCUT2D eigenvalue weighted by atomic mass is 32.2. The fraction of sp³-hybridized carbons (Fsp3) is 0.611. The summed E-state index contributed by atoms with van der Waals surface area (Å²) in [5, 5.41) is 0. The number of nitrogens with zero attached hydrogens (tertiary/aromatic N) is 1. The van der Waals surface area contributed by atoms with Crippen molar-refractivity contribution in [1.29, 1.82) is 0 Å². The van der Waals surface area contributed by atoms with Crippen LogP contribution in [0.15, 0.2) is 24.3 Å². The van der Waals surface area contributed by atoms with Crippen LogP contribution in [0.4, 0.5) is 0 Å². The molecule has 5 nitrogen and oxygen atoms in total. The van der Waals surface area contributed by atoms with Gasteiger partial charge in [0.05, 0.1) is 5.75 Å². The molecule has 0 N–H and O–H groups in total. The van der Waals surface area contributed by atoms with Crippen molar-refractivity contribution in [3.8, 4) is 5.75 Å². The van der Waals surface area contributed by atoms with Crippen LogP contribution in [0, 0.1) is 5.41 Å². The highest BCUT2D eigenvalue weighted by molar-refractivity contribution is 7.87. The third-order valence-electron chi connectivity index (χ3n) is 3.85. The van der Waals surface area contributed by atoms with E-state index in [1.165, 1.54) is 6.92 Å². The van der Waals surface area contributed by atoms with Gasteiger partial charge in [0, 0.05) is 18.0 Å². The van der Waals surface area contributed by atoms with Gasteiger partial charge in [-0.05, 0) is 38.0 Å². The molecule has 0 aliphatic carbocycles. The second-order valence-electron chi connectivity index (χ2n) is 7.02. The lowest BCUT2D eigenvalue weighted by Gasteiger charge is -2.34. The molecule has 24 heavy (non-hydrogen) atoms. The Labute approximate surface area is 146 Å². The zero-order chi connectivity index (χ0) is 18.5. The van der Waals surface area contributed by atoms with Gasteiger partial charge < -0.3 is 9.08 Å². The predicted octanol–water partition coefficient (Wildman–Crippen LogP) is 3.59. The van der Waals surface area contributed by atoms with Gasteiger partial charge in [0.2, 0.25) is 5.91 Å². The van der Waals surface area contributed by atoms with Crippen molar-refractivity contribution in [2.75, 3.05) is 5.75 Å². The van der Waals surface area contributed by atoms with Gasteiger partial charge in [-0.2, -0.15) is 8.42 Å². The van der Waals surface area contributed by atoms with E-state index < -0.39 is 15.5 Å². The maximum atomic E-state index is 12.7. The normalized spacial score (nSPS) is 13.4. The van der Waals surface area contributed by atoms with Gasteiger partial charge in [0.25, 0.3) is 0 Å². The SMILES string of the molecule is CC[C@@H](C)N(Cc1cccc(OS(=O)(=O)CC)c1)C(=O)C(C)(C)C. The van der Waals surface area contributed by atoms with E-state index >= 15 is 0 Å². The summed E-state index contributed by atoms with van der Waals surface area (Å²) >= 11 is 0. The number of hydrogen-bond donors (Lipinski definition) is 0. The van der Waals surface area contributed by atoms with Gasteiger partial charge >= 0.3 is 10.1 Å². The van der Waals surface area contributed by atoms with Gasteiger partial charge in [-0.25, -0.2) is 0 Å². The molecule has 0 spiro atoms. The van der Waals surface area contributed by atoms with Crippen molar-refractivity contribution in [2.24, 2.45) is 5.41 Å². The molecule has 0 unspecified atom stereocenters. The zero-order valence-electron chi connectivity index (χ0n) is 15.5. The molecule has 1 aromatic carbocycles. The van der Waals surface area contributed by atoms with E-state index in [9.17, 15) is 13.2 Å². The van der Waals surface area contributed by atoms with Gasteiger partial charge in [0.1, 0.15) is 5.75 Å².